The molecule has 1 aromatic carbocycles. The summed E-state index contributed by atoms with van der Waals surface area (Å²) in [4.78, 5) is 46.3. The molecule has 1 amide bonds. The van der Waals surface area contributed by atoms with Crippen molar-refractivity contribution in [3.8, 4) is 11.4 Å². The minimum atomic E-state index is -0.304. The van der Waals surface area contributed by atoms with Gasteiger partial charge in [0.05, 0.1) is 5.69 Å². The van der Waals surface area contributed by atoms with E-state index in [-0.39, 0.29) is 22.9 Å². The topological polar surface area (TPSA) is 108 Å². The van der Waals surface area contributed by atoms with E-state index >= 15 is 0 Å². The van der Waals surface area contributed by atoms with Crippen molar-refractivity contribution in [2.75, 3.05) is 6.54 Å². The lowest BCUT2D eigenvalue weighted by Gasteiger charge is -2.14. The quantitative estimate of drug-likeness (QED) is 0.593. The number of carbonyl (C=O) groups is 1. The third-order valence-electron chi connectivity index (χ3n) is 5.33. The first-order chi connectivity index (χ1) is 14.1. The van der Waals surface area contributed by atoms with Gasteiger partial charge in [-0.2, -0.15) is 0 Å². The van der Waals surface area contributed by atoms with E-state index in [4.69, 9.17) is 4.98 Å². The molecule has 1 atom stereocenters. The summed E-state index contributed by atoms with van der Waals surface area (Å²) in [6.45, 7) is 0.503. The standard InChI is InChI=1S/C22H22N4O3/c27-19-12-16(10-11-23-19)21(28)24-13-14-6-8-17-18(9-7-14)25-20(26-22(17)29)15-4-2-1-3-5-15/h1-5,10-12,14H,6-9,13H2,(H,23,27)(H,24,28)(H,25,26,29). The second-order valence-corrected chi connectivity index (χ2v) is 7.30. The third kappa shape index (κ3) is 4.34. The van der Waals surface area contributed by atoms with Gasteiger partial charge in [0.25, 0.3) is 11.5 Å². The van der Waals surface area contributed by atoms with Gasteiger partial charge in [-0.1, -0.05) is 30.3 Å². The molecule has 1 aliphatic rings. The summed E-state index contributed by atoms with van der Waals surface area (Å²) in [5.41, 5.74) is 2.43. The van der Waals surface area contributed by atoms with Crippen LogP contribution in [0.4, 0.5) is 0 Å². The van der Waals surface area contributed by atoms with Gasteiger partial charge < -0.3 is 15.3 Å². The molecule has 7 nitrogen and oxygen atoms in total. The van der Waals surface area contributed by atoms with Crippen molar-refractivity contribution in [2.24, 2.45) is 5.92 Å². The predicted molar refractivity (Wildman–Crippen MR) is 110 cm³/mol. The Hall–Kier alpha value is -3.48. The Morgan fingerprint density at radius 3 is 2.69 bits per heavy atom. The van der Waals surface area contributed by atoms with Crippen LogP contribution in [0.25, 0.3) is 11.4 Å². The van der Waals surface area contributed by atoms with Crippen LogP contribution >= 0.6 is 0 Å². The number of benzene rings is 1. The summed E-state index contributed by atoms with van der Waals surface area (Å²) in [5.74, 6) is 0.574. The van der Waals surface area contributed by atoms with Crippen LogP contribution < -0.4 is 16.4 Å². The molecule has 0 saturated carbocycles. The molecule has 1 unspecified atom stereocenters. The van der Waals surface area contributed by atoms with Crippen LogP contribution in [0, 0.1) is 5.92 Å². The van der Waals surface area contributed by atoms with E-state index in [9.17, 15) is 14.4 Å². The van der Waals surface area contributed by atoms with Crippen LogP contribution in [0.15, 0.2) is 58.3 Å². The lowest BCUT2D eigenvalue weighted by Crippen LogP contribution is -2.30. The minimum absolute atomic E-state index is 0.0814. The smallest absolute Gasteiger partial charge is 0.254 e. The van der Waals surface area contributed by atoms with E-state index in [1.165, 1.54) is 12.3 Å². The number of rotatable bonds is 4. The highest BCUT2D eigenvalue weighted by molar-refractivity contribution is 5.93. The SMILES string of the molecule is O=C(NCC1CCc2nc(-c3ccccc3)[nH]c(=O)c2CC1)c1cc[nH]c(=O)c1. The molecule has 0 radical (unpaired) electrons. The number of pyridine rings is 1. The zero-order valence-corrected chi connectivity index (χ0v) is 15.9. The largest absolute Gasteiger partial charge is 0.352 e. The molecule has 3 N–H and O–H groups in total. The van der Waals surface area contributed by atoms with Crippen LogP contribution in [0.2, 0.25) is 0 Å². The van der Waals surface area contributed by atoms with Gasteiger partial charge in [-0.3, -0.25) is 14.4 Å². The number of hydrogen-bond donors (Lipinski definition) is 3. The van der Waals surface area contributed by atoms with Crippen molar-refractivity contribution >= 4 is 5.91 Å². The maximum Gasteiger partial charge on any atom is 0.254 e. The number of aromatic nitrogens is 3. The van der Waals surface area contributed by atoms with E-state index in [2.05, 4.69) is 15.3 Å². The van der Waals surface area contributed by atoms with Gasteiger partial charge in [0.15, 0.2) is 0 Å². The van der Waals surface area contributed by atoms with Crippen LogP contribution in [0.3, 0.4) is 0 Å². The number of carbonyl (C=O) groups excluding carboxylic acids is 1. The molecule has 0 fully saturated rings. The zero-order chi connectivity index (χ0) is 20.2. The first-order valence-corrected chi connectivity index (χ1v) is 9.74. The average molecular weight is 390 g/mol. The van der Waals surface area contributed by atoms with Crippen molar-refractivity contribution in [2.45, 2.75) is 25.7 Å². The molecule has 0 spiro atoms. The van der Waals surface area contributed by atoms with Crippen LogP contribution in [-0.4, -0.2) is 27.4 Å². The van der Waals surface area contributed by atoms with Gasteiger partial charge in [0, 0.05) is 35.5 Å². The fourth-order valence-electron chi connectivity index (χ4n) is 3.70. The van der Waals surface area contributed by atoms with Crippen LogP contribution in [-0.2, 0) is 12.8 Å². The van der Waals surface area contributed by atoms with Gasteiger partial charge in [-0.25, -0.2) is 4.98 Å². The highest BCUT2D eigenvalue weighted by atomic mass is 16.2. The molecule has 7 heteroatoms. The van der Waals surface area contributed by atoms with E-state index in [1.54, 1.807) is 6.07 Å². The molecule has 0 bridgehead atoms. The van der Waals surface area contributed by atoms with Crippen molar-refractivity contribution in [1.29, 1.82) is 0 Å². The lowest BCUT2D eigenvalue weighted by molar-refractivity contribution is 0.0945. The Morgan fingerprint density at radius 1 is 1.10 bits per heavy atom. The number of H-pyrrole nitrogens is 2. The lowest BCUT2D eigenvalue weighted by atomic mass is 9.99. The normalized spacial score (nSPS) is 15.9. The van der Waals surface area contributed by atoms with Crippen LogP contribution in [0.1, 0.15) is 34.5 Å². The van der Waals surface area contributed by atoms with Gasteiger partial charge >= 0.3 is 0 Å². The van der Waals surface area contributed by atoms with E-state index < -0.39 is 0 Å². The van der Waals surface area contributed by atoms with Gasteiger partial charge in [-0.15, -0.1) is 0 Å². The summed E-state index contributed by atoms with van der Waals surface area (Å²) in [6, 6.07) is 12.5. The fraction of sp³-hybridized carbons (Fsp3) is 0.273. The summed E-state index contributed by atoms with van der Waals surface area (Å²) in [5, 5.41) is 2.90. The van der Waals surface area contributed by atoms with E-state index in [0.717, 1.165) is 29.7 Å². The van der Waals surface area contributed by atoms with Gasteiger partial charge in [-0.05, 0) is 37.7 Å². The highest BCUT2D eigenvalue weighted by Gasteiger charge is 2.21. The molecule has 148 valence electrons. The Kier molecular flexibility index (Phi) is 5.37. The number of aryl methyl sites for hydroxylation is 1. The predicted octanol–water partition coefficient (Wildman–Crippen LogP) is 2.05. The first kappa shape index (κ1) is 18.9. The Morgan fingerprint density at radius 2 is 1.90 bits per heavy atom. The fourth-order valence-corrected chi connectivity index (χ4v) is 3.70. The van der Waals surface area contributed by atoms with E-state index in [1.807, 2.05) is 30.3 Å². The summed E-state index contributed by atoms with van der Waals surface area (Å²) in [7, 11) is 0. The molecule has 3 aromatic rings. The molecule has 2 aromatic heterocycles. The molecule has 1 aliphatic carbocycles. The molecular weight excluding hydrogens is 368 g/mol. The number of hydrogen-bond acceptors (Lipinski definition) is 4. The molecule has 29 heavy (non-hydrogen) atoms. The second-order valence-electron chi connectivity index (χ2n) is 7.30. The third-order valence-corrected chi connectivity index (χ3v) is 5.33. The maximum absolute atomic E-state index is 12.6. The summed E-state index contributed by atoms with van der Waals surface area (Å²) in [6.07, 6.45) is 4.44. The number of fused-ring (bicyclic) bond motifs is 1. The number of nitrogens with one attached hydrogen (secondary N) is 3. The molecule has 0 saturated heterocycles. The Labute approximate surface area is 167 Å². The monoisotopic (exact) mass is 390 g/mol. The van der Waals surface area contributed by atoms with Crippen LogP contribution in [0.5, 0.6) is 0 Å². The number of aromatic amines is 2. The number of nitrogens with zero attached hydrogens (tertiary/aromatic N) is 1. The molecule has 0 aliphatic heterocycles. The highest BCUT2D eigenvalue weighted by Crippen LogP contribution is 2.23. The Balaban J connectivity index is 1.44. The Bertz CT molecular complexity index is 1130. The van der Waals surface area contributed by atoms with Crippen molar-refractivity contribution in [3.05, 3.63) is 86.2 Å². The van der Waals surface area contributed by atoms with Gasteiger partial charge in [0.2, 0.25) is 5.56 Å². The molecular formula is C22H22N4O3. The second kappa shape index (κ2) is 8.26. The summed E-state index contributed by atoms with van der Waals surface area (Å²) < 4.78 is 0. The average Bonchev–Trinajstić information content (AvgIpc) is 2.95. The van der Waals surface area contributed by atoms with E-state index in [0.29, 0.717) is 30.8 Å². The zero-order valence-electron chi connectivity index (χ0n) is 15.9. The number of amides is 1. The molecule has 4 rings (SSSR count). The first-order valence-electron chi connectivity index (χ1n) is 9.74. The molecule has 2 heterocycles. The maximum atomic E-state index is 12.6. The summed E-state index contributed by atoms with van der Waals surface area (Å²) >= 11 is 0. The van der Waals surface area contributed by atoms with Crippen molar-refractivity contribution in [1.82, 2.24) is 20.3 Å². The minimum Gasteiger partial charge on any atom is -0.352 e. The van der Waals surface area contributed by atoms with Gasteiger partial charge in [0.1, 0.15) is 5.82 Å². The van der Waals surface area contributed by atoms with Crippen molar-refractivity contribution in [3.63, 3.8) is 0 Å². The van der Waals surface area contributed by atoms with Crippen molar-refractivity contribution < 1.29 is 4.79 Å².